The van der Waals surface area contributed by atoms with Crippen molar-refractivity contribution in [2.24, 2.45) is 5.16 Å². The molecular weight excluding hydrogens is 210 g/mol. The Hall–Kier alpha value is -1.31. The maximum atomic E-state index is 5.49. The summed E-state index contributed by atoms with van der Waals surface area (Å²) in [6.45, 7) is 2.24. The molecule has 0 spiro atoms. The van der Waals surface area contributed by atoms with E-state index >= 15 is 0 Å². The van der Waals surface area contributed by atoms with Gasteiger partial charge < -0.3 is 4.84 Å². The Balaban J connectivity index is 1.75. The highest BCUT2D eigenvalue weighted by atomic mass is 16.6. The van der Waals surface area contributed by atoms with Crippen molar-refractivity contribution in [1.82, 2.24) is 0 Å². The van der Waals surface area contributed by atoms with E-state index in [1.54, 1.807) is 0 Å². The van der Waals surface area contributed by atoms with E-state index in [0.29, 0.717) is 6.10 Å². The number of nitrogens with zero attached hydrogens (tertiary/aromatic N) is 1. The molecule has 1 aromatic rings. The summed E-state index contributed by atoms with van der Waals surface area (Å²) in [5.41, 5.74) is 2.30. The van der Waals surface area contributed by atoms with Crippen LogP contribution in [0.4, 0.5) is 0 Å². The van der Waals surface area contributed by atoms with Crippen LogP contribution in [0.2, 0.25) is 0 Å². The van der Waals surface area contributed by atoms with E-state index in [-0.39, 0.29) is 0 Å². The van der Waals surface area contributed by atoms with Crippen molar-refractivity contribution in [3.8, 4) is 0 Å². The lowest BCUT2D eigenvalue weighted by Crippen LogP contribution is -2.08. The maximum Gasteiger partial charge on any atom is 0.133 e. The molecule has 17 heavy (non-hydrogen) atoms. The van der Waals surface area contributed by atoms with E-state index in [2.05, 4.69) is 24.2 Å². The molecule has 0 unspecified atom stereocenters. The third-order valence-electron chi connectivity index (χ3n) is 3.22. The largest absolute Gasteiger partial charge is 0.392 e. The van der Waals surface area contributed by atoms with E-state index in [1.807, 2.05) is 18.2 Å². The predicted molar refractivity (Wildman–Crippen MR) is 71.2 cm³/mol. The summed E-state index contributed by atoms with van der Waals surface area (Å²) < 4.78 is 0. The van der Waals surface area contributed by atoms with Gasteiger partial charge in [-0.3, -0.25) is 0 Å². The van der Waals surface area contributed by atoms with Crippen LogP contribution in [-0.4, -0.2) is 11.8 Å². The predicted octanol–water partition coefficient (Wildman–Crippen LogP) is 4.15. The molecule has 0 saturated heterocycles. The quantitative estimate of drug-likeness (QED) is 0.674. The first-order chi connectivity index (χ1) is 8.40. The fourth-order valence-electron chi connectivity index (χ4n) is 2.18. The highest BCUT2D eigenvalue weighted by molar-refractivity contribution is 6.01. The normalized spacial score (nSPS) is 18.9. The van der Waals surface area contributed by atoms with Crippen molar-refractivity contribution < 1.29 is 4.84 Å². The molecule has 0 aliphatic carbocycles. The molecule has 0 fully saturated rings. The second-order valence-corrected chi connectivity index (χ2v) is 4.68. The number of oxime groups is 1. The summed E-state index contributed by atoms with van der Waals surface area (Å²) in [5.74, 6) is 0. The lowest BCUT2D eigenvalue weighted by molar-refractivity contribution is 0.0770. The Bertz CT molecular complexity index is 358. The first kappa shape index (κ1) is 12.2. The van der Waals surface area contributed by atoms with Crippen molar-refractivity contribution >= 4 is 5.71 Å². The first-order valence-electron chi connectivity index (χ1n) is 6.68. The summed E-state index contributed by atoms with van der Waals surface area (Å²) >= 11 is 0. The molecule has 2 nitrogen and oxygen atoms in total. The minimum Gasteiger partial charge on any atom is -0.392 e. The fraction of sp³-hybridized carbons (Fsp3) is 0.533. The topological polar surface area (TPSA) is 21.6 Å². The monoisotopic (exact) mass is 231 g/mol. The van der Waals surface area contributed by atoms with Gasteiger partial charge in [0.05, 0.1) is 5.71 Å². The Morgan fingerprint density at radius 1 is 1.18 bits per heavy atom. The van der Waals surface area contributed by atoms with Crippen molar-refractivity contribution in [3.05, 3.63) is 35.9 Å². The Morgan fingerprint density at radius 3 is 2.76 bits per heavy atom. The van der Waals surface area contributed by atoms with E-state index in [4.69, 9.17) is 4.84 Å². The van der Waals surface area contributed by atoms with Crippen LogP contribution in [0.3, 0.4) is 0 Å². The highest BCUT2D eigenvalue weighted by Gasteiger charge is 2.21. The third-order valence-corrected chi connectivity index (χ3v) is 3.22. The molecule has 0 amide bonds. The number of unbranched alkanes of at least 4 members (excludes halogenated alkanes) is 3. The average Bonchev–Trinajstić information content (AvgIpc) is 2.85. The molecule has 1 aliphatic heterocycles. The van der Waals surface area contributed by atoms with Gasteiger partial charge in [0, 0.05) is 6.42 Å². The van der Waals surface area contributed by atoms with Crippen molar-refractivity contribution in [1.29, 1.82) is 0 Å². The SMILES string of the molecule is CCCCCC[C@@H]1CC(c2ccccc2)=NO1. The Labute approximate surface area is 104 Å². The molecule has 0 saturated carbocycles. The van der Waals surface area contributed by atoms with Gasteiger partial charge in [-0.05, 0) is 18.4 Å². The van der Waals surface area contributed by atoms with Gasteiger partial charge >= 0.3 is 0 Å². The van der Waals surface area contributed by atoms with Crippen LogP contribution in [0, 0.1) is 0 Å². The Kier molecular flexibility index (Phi) is 4.60. The second-order valence-electron chi connectivity index (χ2n) is 4.68. The van der Waals surface area contributed by atoms with Gasteiger partial charge in [0.15, 0.2) is 0 Å². The lowest BCUT2D eigenvalue weighted by atomic mass is 10.0. The summed E-state index contributed by atoms with van der Waals surface area (Å²) in [4.78, 5) is 5.49. The molecular formula is C15H21NO. The van der Waals surface area contributed by atoms with E-state index < -0.39 is 0 Å². The summed E-state index contributed by atoms with van der Waals surface area (Å²) in [7, 11) is 0. The van der Waals surface area contributed by atoms with Crippen LogP contribution in [0.5, 0.6) is 0 Å². The van der Waals surface area contributed by atoms with Crippen LogP contribution >= 0.6 is 0 Å². The number of rotatable bonds is 6. The van der Waals surface area contributed by atoms with Gasteiger partial charge in [-0.15, -0.1) is 0 Å². The molecule has 1 aliphatic rings. The van der Waals surface area contributed by atoms with Crippen molar-refractivity contribution in [2.45, 2.75) is 51.6 Å². The van der Waals surface area contributed by atoms with E-state index in [9.17, 15) is 0 Å². The van der Waals surface area contributed by atoms with Crippen LogP contribution in [-0.2, 0) is 4.84 Å². The smallest absolute Gasteiger partial charge is 0.133 e. The molecule has 92 valence electrons. The van der Waals surface area contributed by atoms with Crippen LogP contribution < -0.4 is 0 Å². The molecule has 0 N–H and O–H groups in total. The minimum atomic E-state index is 0.307. The number of hydrogen-bond acceptors (Lipinski definition) is 2. The molecule has 1 aromatic carbocycles. The number of benzene rings is 1. The molecule has 2 rings (SSSR count). The molecule has 2 heteroatoms. The number of hydrogen-bond donors (Lipinski definition) is 0. The molecule has 0 radical (unpaired) electrons. The van der Waals surface area contributed by atoms with Crippen LogP contribution in [0.1, 0.15) is 51.0 Å². The van der Waals surface area contributed by atoms with Gasteiger partial charge in [-0.1, -0.05) is 61.7 Å². The molecule has 1 heterocycles. The standard InChI is InChI=1S/C15H21NO/c1-2-3-4-8-11-14-12-15(16-17-14)13-9-6-5-7-10-13/h5-7,9-10,14H,2-4,8,11-12H2,1H3/t14-/m1/s1. The molecule has 0 aromatic heterocycles. The first-order valence-corrected chi connectivity index (χ1v) is 6.68. The minimum absolute atomic E-state index is 0.307. The third kappa shape index (κ3) is 3.58. The van der Waals surface area contributed by atoms with Crippen LogP contribution in [0.15, 0.2) is 35.5 Å². The average molecular weight is 231 g/mol. The zero-order valence-electron chi connectivity index (χ0n) is 10.6. The second kappa shape index (κ2) is 6.43. The highest BCUT2D eigenvalue weighted by Crippen LogP contribution is 2.20. The van der Waals surface area contributed by atoms with Gasteiger partial charge in [-0.2, -0.15) is 0 Å². The zero-order valence-corrected chi connectivity index (χ0v) is 10.6. The van der Waals surface area contributed by atoms with E-state index in [1.165, 1.54) is 31.2 Å². The molecule has 0 bridgehead atoms. The summed E-state index contributed by atoms with van der Waals surface area (Å²) in [6, 6.07) is 10.3. The van der Waals surface area contributed by atoms with Crippen LogP contribution in [0.25, 0.3) is 0 Å². The summed E-state index contributed by atoms with van der Waals surface area (Å²) in [5, 5.41) is 4.20. The maximum absolute atomic E-state index is 5.49. The Morgan fingerprint density at radius 2 is 2.00 bits per heavy atom. The zero-order chi connectivity index (χ0) is 11.9. The van der Waals surface area contributed by atoms with Gasteiger partial charge in [0.25, 0.3) is 0 Å². The molecule has 1 atom stereocenters. The van der Waals surface area contributed by atoms with Gasteiger partial charge in [0.2, 0.25) is 0 Å². The van der Waals surface area contributed by atoms with E-state index in [0.717, 1.165) is 18.6 Å². The van der Waals surface area contributed by atoms with Crippen molar-refractivity contribution in [2.75, 3.05) is 0 Å². The lowest BCUT2D eigenvalue weighted by Gasteiger charge is -2.07. The van der Waals surface area contributed by atoms with Gasteiger partial charge in [0.1, 0.15) is 6.10 Å². The summed E-state index contributed by atoms with van der Waals surface area (Å²) in [6.07, 6.45) is 7.61. The van der Waals surface area contributed by atoms with Gasteiger partial charge in [-0.25, -0.2) is 0 Å². The van der Waals surface area contributed by atoms with Crippen molar-refractivity contribution in [3.63, 3.8) is 0 Å². The fourth-order valence-corrected chi connectivity index (χ4v) is 2.18.